The number of rotatable bonds is 6. The largest absolute Gasteiger partial charge is 0.340 e. The molecule has 0 fully saturated rings. The van der Waals surface area contributed by atoms with Crippen LogP contribution in [0.25, 0.3) is 0 Å². The number of H-pyrrole nitrogens is 1. The third-order valence-corrected chi connectivity index (χ3v) is 2.27. The van der Waals surface area contributed by atoms with Gasteiger partial charge in [0.1, 0.15) is 11.5 Å². The molecule has 0 unspecified atom stereocenters. The molecule has 3 heteroatoms. The number of aromatic amines is 1. The van der Waals surface area contributed by atoms with Gasteiger partial charge in [-0.2, -0.15) is 0 Å². The lowest BCUT2D eigenvalue weighted by Gasteiger charge is -1.96. The van der Waals surface area contributed by atoms with Crippen LogP contribution < -0.4 is 0 Å². The number of nitrogens with one attached hydrogen (secondary N) is 1. The Morgan fingerprint density at radius 3 is 2.79 bits per heavy atom. The highest BCUT2D eigenvalue weighted by Gasteiger charge is 2.03. The van der Waals surface area contributed by atoms with E-state index in [1.54, 1.807) is 13.1 Å². The average Bonchev–Trinajstić information content (AvgIpc) is 2.61. The fourth-order valence-corrected chi connectivity index (χ4v) is 1.39. The van der Waals surface area contributed by atoms with Gasteiger partial charge in [-0.15, -0.1) is 0 Å². The maximum atomic E-state index is 11.0. The molecule has 0 spiro atoms. The summed E-state index contributed by atoms with van der Waals surface area (Å²) >= 11 is 0. The first-order valence-corrected chi connectivity index (χ1v) is 5.29. The topological polar surface area (TPSA) is 45.8 Å². The second-order valence-corrected chi connectivity index (χ2v) is 3.61. The Labute approximate surface area is 84.9 Å². The molecular weight excluding hydrogens is 176 g/mol. The number of imidazole rings is 1. The summed E-state index contributed by atoms with van der Waals surface area (Å²) in [6, 6.07) is 0. The Hall–Kier alpha value is -1.12. The molecule has 0 saturated carbocycles. The van der Waals surface area contributed by atoms with Gasteiger partial charge in [0.05, 0.1) is 6.20 Å². The number of aryl methyl sites for hydroxylation is 1. The molecule has 0 aliphatic heterocycles. The van der Waals surface area contributed by atoms with Crippen molar-refractivity contribution in [2.75, 3.05) is 0 Å². The predicted octanol–water partition coefficient (Wildman–Crippen LogP) is 2.74. The number of ketones is 1. The van der Waals surface area contributed by atoms with E-state index >= 15 is 0 Å². The molecule has 0 bridgehead atoms. The summed E-state index contributed by atoms with van der Waals surface area (Å²) in [5.41, 5.74) is 0.621. The molecule has 1 aromatic heterocycles. The smallest absolute Gasteiger partial charge is 0.177 e. The van der Waals surface area contributed by atoms with Gasteiger partial charge >= 0.3 is 0 Å². The number of Topliss-reactive ketones (excluding diaryl/α,β-unsaturated/α-hetero) is 1. The molecule has 14 heavy (non-hydrogen) atoms. The lowest BCUT2D eigenvalue weighted by atomic mass is 10.1. The Balaban J connectivity index is 2.33. The van der Waals surface area contributed by atoms with Crippen LogP contribution in [0.3, 0.4) is 0 Å². The van der Waals surface area contributed by atoms with E-state index in [1.165, 1.54) is 19.3 Å². The number of hydrogen-bond acceptors (Lipinski definition) is 2. The van der Waals surface area contributed by atoms with Gasteiger partial charge in [-0.05, 0) is 6.42 Å². The fraction of sp³-hybridized carbons (Fsp3) is 0.636. The van der Waals surface area contributed by atoms with Crippen LogP contribution in [-0.2, 0) is 6.42 Å². The standard InChI is InChI=1S/C11H18N2O/c1-3-4-5-6-7-11-12-8-10(13-11)9(2)14/h8H,3-7H2,1-2H3,(H,12,13). The molecule has 0 atom stereocenters. The van der Waals surface area contributed by atoms with Gasteiger partial charge in [0.25, 0.3) is 0 Å². The number of nitrogens with zero attached hydrogens (tertiary/aromatic N) is 1. The molecule has 1 N–H and O–H groups in total. The lowest BCUT2D eigenvalue weighted by molar-refractivity contribution is 0.101. The zero-order chi connectivity index (χ0) is 10.4. The molecule has 0 amide bonds. The maximum Gasteiger partial charge on any atom is 0.177 e. The van der Waals surface area contributed by atoms with Gasteiger partial charge in [-0.3, -0.25) is 4.79 Å². The first kappa shape index (κ1) is 11.0. The zero-order valence-electron chi connectivity index (χ0n) is 8.97. The molecule has 3 nitrogen and oxygen atoms in total. The van der Waals surface area contributed by atoms with Crippen molar-refractivity contribution in [2.24, 2.45) is 0 Å². The van der Waals surface area contributed by atoms with Crippen LogP contribution in [-0.4, -0.2) is 15.8 Å². The summed E-state index contributed by atoms with van der Waals surface area (Å²) in [5.74, 6) is 0.989. The van der Waals surface area contributed by atoms with Gasteiger partial charge in [0, 0.05) is 13.3 Å². The third-order valence-electron chi connectivity index (χ3n) is 2.27. The number of carbonyl (C=O) groups excluding carboxylic acids is 1. The van der Waals surface area contributed by atoms with Crippen LogP contribution in [0.5, 0.6) is 0 Å². The van der Waals surface area contributed by atoms with Crippen molar-refractivity contribution < 1.29 is 4.79 Å². The second kappa shape index (κ2) is 5.58. The van der Waals surface area contributed by atoms with Crippen molar-refractivity contribution in [1.82, 2.24) is 9.97 Å². The van der Waals surface area contributed by atoms with Crippen LogP contribution in [0, 0.1) is 0 Å². The van der Waals surface area contributed by atoms with Crippen LogP contribution in [0.2, 0.25) is 0 Å². The highest BCUT2D eigenvalue weighted by atomic mass is 16.1. The Morgan fingerprint density at radius 1 is 1.43 bits per heavy atom. The minimum absolute atomic E-state index is 0.0531. The highest BCUT2D eigenvalue weighted by molar-refractivity contribution is 5.91. The minimum atomic E-state index is 0.0531. The SMILES string of the molecule is CCCCCCc1ncc(C(C)=O)[nH]1. The van der Waals surface area contributed by atoms with Crippen molar-refractivity contribution in [3.8, 4) is 0 Å². The zero-order valence-corrected chi connectivity index (χ0v) is 8.97. The van der Waals surface area contributed by atoms with E-state index in [4.69, 9.17) is 0 Å². The first-order valence-electron chi connectivity index (χ1n) is 5.29. The van der Waals surface area contributed by atoms with Crippen molar-refractivity contribution in [1.29, 1.82) is 0 Å². The van der Waals surface area contributed by atoms with Crippen LogP contribution in [0.15, 0.2) is 6.20 Å². The van der Waals surface area contributed by atoms with Crippen molar-refractivity contribution in [3.05, 3.63) is 17.7 Å². The third kappa shape index (κ3) is 3.32. The van der Waals surface area contributed by atoms with E-state index < -0.39 is 0 Å². The fourth-order valence-electron chi connectivity index (χ4n) is 1.39. The summed E-state index contributed by atoms with van der Waals surface area (Å²) in [4.78, 5) is 18.2. The normalized spacial score (nSPS) is 10.4. The monoisotopic (exact) mass is 194 g/mol. The van der Waals surface area contributed by atoms with E-state index in [-0.39, 0.29) is 5.78 Å². The number of carbonyl (C=O) groups is 1. The van der Waals surface area contributed by atoms with Crippen molar-refractivity contribution in [2.45, 2.75) is 46.0 Å². The highest BCUT2D eigenvalue weighted by Crippen LogP contribution is 2.05. The molecular formula is C11H18N2O. The van der Waals surface area contributed by atoms with E-state index in [0.29, 0.717) is 5.69 Å². The second-order valence-electron chi connectivity index (χ2n) is 3.61. The average molecular weight is 194 g/mol. The Morgan fingerprint density at radius 2 is 2.21 bits per heavy atom. The van der Waals surface area contributed by atoms with Gasteiger partial charge in [-0.25, -0.2) is 4.98 Å². The predicted molar refractivity (Wildman–Crippen MR) is 56.4 cm³/mol. The molecule has 0 saturated heterocycles. The lowest BCUT2D eigenvalue weighted by Crippen LogP contribution is -1.93. The number of aromatic nitrogens is 2. The number of unbranched alkanes of at least 4 members (excludes halogenated alkanes) is 3. The van der Waals surface area contributed by atoms with Crippen LogP contribution in [0.4, 0.5) is 0 Å². The molecule has 0 radical (unpaired) electrons. The summed E-state index contributed by atoms with van der Waals surface area (Å²) < 4.78 is 0. The van der Waals surface area contributed by atoms with E-state index in [9.17, 15) is 4.79 Å². The Kier molecular flexibility index (Phi) is 4.36. The van der Waals surface area contributed by atoms with Gasteiger partial charge in [-0.1, -0.05) is 26.2 Å². The van der Waals surface area contributed by atoms with Crippen molar-refractivity contribution in [3.63, 3.8) is 0 Å². The van der Waals surface area contributed by atoms with Gasteiger partial charge in [0.2, 0.25) is 0 Å². The molecule has 78 valence electrons. The van der Waals surface area contributed by atoms with Crippen LogP contribution in [0.1, 0.15) is 55.8 Å². The molecule has 0 aliphatic carbocycles. The Bertz CT molecular complexity index is 291. The summed E-state index contributed by atoms with van der Waals surface area (Å²) in [6.45, 7) is 3.75. The molecule has 1 aromatic rings. The quantitative estimate of drug-likeness (QED) is 0.559. The first-order chi connectivity index (χ1) is 6.74. The summed E-state index contributed by atoms with van der Waals surface area (Å²) in [6.07, 6.45) is 7.49. The molecule has 1 rings (SSSR count). The summed E-state index contributed by atoms with van der Waals surface area (Å²) in [5, 5.41) is 0. The van der Waals surface area contributed by atoms with E-state index in [2.05, 4.69) is 16.9 Å². The number of hydrogen-bond donors (Lipinski definition) is 1. The summed E-state index contributed by atoms with van der Waals surface area (Å²) in [7, 11) is 0. The molecule has 1 heterocycles. The maximum absolute atomic E-state index is 11.0. The van der Waals surface area contributed by atoms with E-state index in [1.807, 2.05) is 0 Å². The van der Waals surface area contributed by atoms with Crippen LogP contribution >= 0.6 is 0 Å². The minimum Gasteiger partial charge on any atom is -0.340 e. The molecule has 0 aromatic carbocycles. The van der Waals surface area contributed by atoms with E-state index in [0.717, 1.165) is 18.7 Å². The molecule has 0 aliphatic rings. The van der Waals surface area contributed by atoms with Gasteiger partial charge < -0.3 is 4.98 Å². The van der Waals surface area contributed by atoms with Gasteiger partial charge in [0.15, 0.2) is 5.78 Å². The van der Waals surface area contributed by atoms with Crippen molar-refractivity contribution >= 4 is 5.78 Å².